The summed E-state index contributed by atoms with van der Waals surface area (Å²) in [5.74, 6) is -0.499. The number of hydrogen-bond acceptors (Lipinski definition) is 4. The normalized spacial score (nSPS) is 41.5. The fourth-order valence-electron chi connectivity index (χ4n) is 1.72. The molecule has 76 valence electrons. The van der Waals surface area contributed by atoms with E-state index in [1.807, 2.05) is 0 Å². The van der Waals surface area contributed by atoms with E-state index in [9.17, 15) is 0 Å². The summed E-state index contributed by atoms with van der Waals surface area (Å²) < 4.78 is 22.0. The van der Waals surface area contributed by atoms with Gasteiger partial charge in [0.25, 0.3) is 0 Å². The second-order valence-electron chi connectivity index (χ2n) is 4.21. The van der Waals surface area contributed by atoms with E-state index in [-0.39, 0.29) is 5.41 Å². The van der Waals surface area contributed by atoms with Crippen LogP contribution in [0.2, 0.25) is 0 Å². The van der Waals surface area contributed by atoms with Crippen molar-refractivity contribution < 1.29 is 18.6 Å². The number of furan rings is 1. The quantitative estimate of drug-likeness (QED) is 0.682. The van der Waals surface area contributed by atoms with Gasteiger partial charge in [-0.3, -0.25) is 0 Å². The Morgan fingerprint density at radius 3 is 2.29 bits per heavy atom. The van der Waals surface area contributed by atoms with E-state index in [0.717, 1.165) is 0 Å². The maximum absolute atomic E-state index is 5.57. The first kappa shape index (κ1) is 8.47. The lowest BCUT2D eigenvalue weighted by atomic mass is 9.91. The molecular weight excluding hydrogens is 184 g/mol. The molecule has 0 unspecified atom stereocenters. The first-order chi connectivity index (χ1) is 6.73. The van der Waals surface area contributed by atoms with Gasteiger partial charge in [-0.1, -0.05) is 6.92 Å². The Kier molecular flexibility index (Phi) is 1.57. The number of ether oxygens (including phenoxy) is 3. The van der Waals surface area contributed by atoms with Crippen LogP contribution in [0, 0.1) is 5.41 Å². The summed E-state index contributed by atoms with van der Waals surface area (Å²) >= 11 is 0. The van der Waals surface area contributed by atoms with Gasteiger partial charge in [-0.05, 0) is 12.1 Å². The third kappa shape index (κ3) is 1.05. The molecule has 3 fully saturated rings. The molecule has 3 aliphatic heterocycles. The Balaban J connectivity index is 1.93. The molecule has 0 amide bonds. The molecule has 4 rings (SSSR count). The van der Waals surface area contributed by atoms with Gasteiger partial charge in [0.1, 0.15) is 0 Å². The topological polar surface area (TPSA) is 40.8 Å². The first-order valence-corrected chi connectivity index (χ1v) is 4.68. The average molecular weight is 196 g/mol. The minimum absolute atomic E-state index is 0.00561. The summed E-state index contributed by atoms with van der Waals surface area (Å²) in [6.45, 7) is 4.02. The highest BCUT2D eigenvalue weighted by Gasteiger charge is 2.53. The van der Waals surface area contributed by atoms with E-state index in [4.69, 9.17) is 18.6 Å². The summed E-state index contributed by atoms with van der Waals surface area (Å²) in [6.07, 6.45) is 1.59. The van der Waals surface area contributed by atoms with Crippen molar-refractivity contribution in [3.8, 4) is 0 Å². The molecule has 4 nitrogen and oxygen atoms in total. The van der Waals surface area contributed by atoms with Crippen molar-refractivity contribution in [2.75, 3.05) is 19.8 Å². The van der Waals surface area contributed by atoms with Crippen LogP contribution in [0.4, 0.5) is 0 Å². The summed E-state index contributed by atoms with van der Waals surface area (Å²) in [6, 6.07) is 3.59. The van der Waals surface area contributed by atoms with Gasteiger partial charge in [0, 0.05) is 5.41 Å². The molecule has 3 saturated heterocycles. The molecule has 0 N–H and O–H groups in total. The number of rotatable bonds is 1. The highest BCUT2D eigenvalue weighted by molar-refractivity contribution is 5.06. The molecule has 14 heavy (non-hydrogen) atoms. The molecule has 4 heterocycles. The third-order valence-corrected chi connectivity index (χ3v) is 2.65. The van der Waals surface area contributed by atoms with Crippen molar-refractivity contribution >= 4 is 0 Å². The van der Waals surface area contributed by atoms with Crippen molar-refractivity contribution in [3.63, 3.8) is 0 Å². The molecule has 0 aliphatic carbocycles. The van der Waals surface area contributed by atoms with Gasteiger partial charge < -0.3 is 18.6 Å². The Morgan fingerprint density at radius 1 is 1.14 bits per heavy atom. The Labute approximate surface area is 81.7 Å². The van der Waals surface area contributed by atoms with E-state index >= 15 is 0 Å². The number of hydrogen-bond donors (Lipinski definition) is 0. The van der Waals surface area contributed by atoms with Crippen LogP contribution in [-0.2, 0) is 20.2 Å². The van der Waals surface area contributed by atoms with Crippen molar-refractivity contribution in [2.45, 2.75) is 12.9 Å². The molecule has 4 heteroatoms. The van der Waals surface area contributed by atoms with Crippen LogP contribution in [0.25, 0.3) is 0 Å². The van der Waals surface area contributed by atoms with E-state index in [0.29, 0.717) is 25.6 Å². The molecule has 1 aromatic heterocycles. The number of fused-ring (bicyclic) bond motifs is 3. The summed E-state index contributed by atoms with van der Waals surface area (Å²) in [4.78, 5) is 0. The molecule has 1 aromatic rings. The zero-order chi connectivity index (χ0) is 9.65. The molecule has 0 atom stereocenters. The smallest absolute Gasteiger partial charge is 0.346 e. The molecule has 0 spiro atoms. The van der Waals surface area contributed by atoms with E-state index in [2.05, 4.69) is 6.92 Å². The Hall–Kier alpha value is -0.840. The Morgan fingerprint density at radius 2 is 1.79 bits per heavy atom. The van der Waals surface area contributed by atoms with Gasteiger partial charge in [-0.25, -0.2) is 0 Å². The molecular formula is C10H12O4. The van der Waals surface area contributed by atoms with Crippen LogP contribution in [-0.4, -0.2) is 19.8 Å². The maximum atomic E-state index is 5.57. The molecule has 0 radical (unpaired) electrons. The summed E-state index contributed by atoms with van der Waals surface area (Å²) in [7, 11) is 0. The van der Waals surface area contributed by atoms with Crippen molar-refractivity contribution in [3.05, 3.63) is 24.2 Å². The van der Waals surface area contributed by atoms with Gasteiger partial charge in [-0.15, -0.1) is 0 Å². The van der Waals surface area contributed by atoms with E-state index < -0.39 is 5.97 Å². The second-order valence-corrected chi connectivity index (χ2v) is 4.21. The molecule has 0 saturated carbocycles. The predicted molar refractivity (Wildman–Crippen MR) is 46.3 cm³/mol. The van der Waals surface area contributed by atoms with Gasteiger partial charge in [-0.2, -0.15) is 0 Å². The van der Waals surface area contributed by atoms with Gasteiger partial charge in [0.2, 0.25) is 0 Å². The van der Waals surface area contributed by atoms with Crippen LogP contribution >= 0.6 is 0 Å². The maximum Gasteiger partial charge on any atom is 0.346 e. The average Bonchev–Trinajstić information content (AvgIpc) is 2.73. The Bertz CT molecular complexity index is 305. The van der Waals surface area contributed by atoms with Crippen molar-refractivity contribution in [1.82, 2.24) is 0 Å². The lowest BCUT2D eigenvalue weighted by Crippen LogP contribution is -2.56. The van der Waals surface area contributed by atoms with Crippen LogP contribution in [0.15, 0.2) is 22.8 Å². The van der Waals surface area contributed by atoms with Crippen molar-refractivity contribution in [2.24, 2.45) is 5.41 Å². The fraction of sp³-hybridized carbons (Fsp3) is 0.600. The van der Waals surface area contributed by atoms with Crippen LogP contribution < -0.4 is 0 Å². The lowest BCUT2D eigenvalue weighted by molar-refractivity contribution is -0.482. The third-order valence-electron chi connectivity index (χ3n) is 2.65. The highest BCUT2D eigenvalue weighted by atomic mass is 16.9. The minimum Gasteiger partial charge on any atom is -0.461 e. The van der Waals surface area contributed by atoms with E-state index in [1.54, 1.807) is 18.4 Å². The van der Waals surface area contributed by atoms with Crippen LogP contribution in [0.3, 0.4) is 0 Å². The fourth-order valence-corrected chi connectivity index (χ4v) is 1.72. The first-order valence-electron chi connectivity index (χ1n) is 4.68. The van der Waals surface area contributed by atoms with Gasteiger partial charge in [0.15, 0.2) is 5.76 Å². The summed E-state index contributed by atoms with van der Waals surface area (Å²) in [5, 5.41) is 0. The largest absolute Gasteiger partial charge is 0.461 e. The zero-order valence-electron chi connectivity index (χ0n) is 7.99. The zero-order valence-corrected chi connectivity index (χ0v) is 7.99. The SMILES string of the molecule is CC12COC(c3ccco3)(OC1)OC2. The highest BCUT2D eigenvalue weighted by Crippen LogP contribution is 2.43. The van der Waals surface area contributed by atoms with Crippen LogP contribution in [0.1, 0.15) is 12.7 Å². The van der Waals surface area contributed by atoms with Gasteiger partial charge in [0.05, 0.1) is 26.1 Å². The van der Waals surface area contributed by atoms with Gasteiger partial charge >= 0.3 is 5.97 Å². The predicted octanol–water partition coefficient (Wildman–Crippen LogP) is 1.47. The molecule has 0 aromatic carbocycles. The minimum atomic E-state index is -1.08. The standard InChI is InChI=1S/C10H12O4/c1-9-5-12-10(13-6-9,14-7-9)8-3-2-4-11-8/h2-4H,5-7H2,1H3. The molecule has 2 bridgehead atoms. The van der Waals surface area contributed by atoms with Crippen LogP contribution in [0.5, 0.6) is 0 Å². The summed E-state index contributed by atoms with van der Waals surface area (Å²) in [5.41, 5.74) is -0.00561. The second kappa shape index (κ2) is 2.59. The van der Waals surface area contributed by atoms with E-state index in [1.165, 1.54) is 0 Å². The van der Waals surface area contributed by atoms with Crippen molar-refractivity contribution in [1.29, 1.82) is 0 Å². The monoisotopic (exact) mass is 196 g/mol. The lowest BCUT2D eigenvalue weighted by Gasteiger charge is -2.49. The molecule has 3 aliphatic rings.